The molecule has 0 unspecified atom stereocenters. The summed E-state index contributed by atoms with van der Waals surface area (Å²) in [6, 6.07) is 11.4. The normalized spacial score (nSPS) is 17.1. The van der Waals surface area contributed by atoms with Crippen LogP contribution in [0.2, 0.25) is 0 Å². The molecular weight excluding hydrogens is 565 g/mol. The Morgan fingerprint density at radius 3 is 2.60 bits per heavy atom. The van der Waals surface area contributed by atoms with E-state index in [1.807, 2.05) is 0 Å². The number of imidazole rings is 1. The molecule has 2 aromatic heterocycles. The second kappa shape index (κ2) is 11.1. The van der Waals surface area contributed by atoms with Crippen LogP contribution >= 0.6 is 0 Å². The molecule has 1 aromatic carbocycles. The Labute approximate surface area is 243 Å². The lowest BCUT2D eigenvalue weighted by Gasteiger charge is -2.47. The van der Waals surface area contributed by atoms with Crippen LogP contribution in [0, 0.1) is 28.1 Å². The van der Waals surface area contributed by atoms with E-state index in [0.717, 1.165) is 0 Å². The van der Waals surface area contributed by atoms with Crippen molar-refractivity contribution in [1.82, 2.24) is 24.8 Å². The number of likely N-dealkylation sites (tertiary alicyclic amines) is 1. The molecule has 1 aliphatic heterocycles. The van der Waals surface area contributed by atoms with Crippen LogP contribution in [0.5, 0.6) is 0 Å². The van der Waals surface area contributed by atoms with E-state index in [4.69, 9.17) is 5.73 Å². The van der Waals surface area contributed by atoms with Gasteiger partial charge in [0.05, 0.1) is 36.6 Å². The van der Waals surface area contributed by atoms with Crippen molar-refractivity contribution >= 4 is 35.1 Å². The average molecular weight is 591 g/mol. The predicted octanol–water partition coefficient (Wildman–Crippen LogP) is 3.25. The van der Waals surface area contributed by atoms with Gasteiger partial charge in [-0.1, -0.05) is 12.1 Å². The average Bonchev–Trinajstić information content (AvgIpc) is 3.65. The number of aromatic nitrogens is 3. The van der Waals surface area contributed by atoms with Crippen LogP contribution in [0.25, 0.3) is 22.5 Å². The number of anilines is 1. The van der Waals surface area contributed by atoms with Crippen molar-refractivity contribution in [3.05, 3.63) is 54.5 Å². The fourth-order valence-electron chi connectivity index (χ4n) is 4.76. The molecule has 220 valence electrons. The second-order valence-electron chi connectivity index (χ2n) is 10.5. The Kier molecular flexibility index (Phi) is 7.50. The molecule has 1 aliphatic carbocycles. The van der Waals surface area contributed by atoms with Gasteiger partial charge in [0.25, 0.3) is 0 Å². The highest BCUT2D eigenvalue weighted by atomic mass is 19.4. The van der Waals surface area contributed by atoms with E-state index in [1.54, 1.807) is 51.4 Å². The van der Waals surface area contributed by atoms with Gasteiger partial charge in [0.15, 0.2) is 5.65 Å². The van der Waals surface area contributed by atoms with Crippen LogP contribution in [0.1, 0.15) is 24.8 Å². The lowest BCUT2D eigenvalue weighted by molar-refractivity contribution is -0.142. The number of urea groups is 1. The number of allylic oxidation sites excluding steroid dienone is 1. The molecule has 15 heteroatoms. The van der Waals surface area contributed by atoms with Gasteiger partial charge < -0.3 is 21.3 Å². The second-order valence-corrected chi connectivity index (χ2v) is 10.5. The van der Waals surface area contributed by atoms with E-state index >= 15 is 0 Å². The SMILES string of the molecule is N#CCC1(N=C/C(=C\N)c2cnn3c(-c4cccc(NC(=O)NCC(F)(F)F)c4)cnc3c2)CN(C(=O)C2(C#N)CC2)C1. The summed E-state index contributed by atoms with van der Waals surface area (Å²) in [6.07, 6.45) is 2.64. The number of carbonyl (C=O) groups is 2. The van der Waals surface area contributed by atoms with Crippen molar-refractivity contribution in [3.63, 3.8) is 0 Å². The number of nitrogens with two attached hydrogens (primary N) is 1. The first kappa shape index (κ1) is 29.1. The molecule has 0 bridgehead atoms. The number of benzene rings is 1. The minimum Gasteiger partial charge on any atom is -0.404 e. The van der Waals surface area contributed by atoms with E-state index < -0.39 is 29.7 Å². The first-order valence-corrected chi connectivity index (χ1v) is 13.1. The van der Waals surface area contributed by atoms with Crippen LogP contribution in [0.4, 0.5) is 23.7 Å². The number of nitriles is 2. The summed E-state index contributed by atoms with van der Waals surface area (Å²) in [5.74, 6) is -0.218. The topological polar surface area (TPSA) is 178 Å². The van der Waals surface area contributed by atoms with Crippen molar-refractivity contribution in [3.8, 4) is 23.4 Å². The van der Waals surface area contributed by atoms with Crippen LogP contribution in [-0.2, 0) is 4.79 Å². The molecule has 0 atom stereocenters. The maximum Gasteiger partial charge on any atom is 0.405 e. The van der Waals surface area contributed by atoms with Gasteiger partial charge in [-0.3, -0.25) is 9.79 Å². The third kappa shape index (κ3) is 6.11. The Morgan fingerprint density at radius 2 is 1.95 bits per heavy atom. The molecule has 2 aliphatic rings. The van der Waals surface area contributed by atoms with E-state index in [2.05, 4.69) is 32.5 Å². The van der Waals surface area contributed by atoms with Crippen LogP contribution in [0.3, 0.4) is 0 Å². The first-order valence-electron chi connectivity index (χ1n) is 13.1. The smallest absolute Gasteiger partial charge is 0.404 e. The van der Waals surface area contributed by atoms with Gasteiger partial charge in [0.2, 0.25) is 5.91 Å². The third-order valence-electron chi connectivity index (χ3n) is 7.26. The van der Waals surface area contributed by atoms with E-state index in [0.29, 0.717) is 40.9 Å². The molecule has 5 rings (SSSR count). The highest BCUT2D eigenvalue weighted by molar-refractivity contribution is 6.10. The number of aliphatic imine (C=N–C) groups is 1. The monoisotopic (exact) mass is 590 g/mol. The van der Waals surface area contributed by atoms with Gasteiger partial charge in [0, 0.05) is 47.9 Å². The van der Waals surface area contributed by atoms with Crippen LogP contribution in [0.15, 0.2) is 53.9 Å². The quantitative estimate of drug-likeness (QED) is 0.337. The molecule has 1 saturated carbocycles. The summed E-state index contributed by atoms with van der Waals surface area (Å²) < 4.78 is 38.7. The Balaban J connectivity index is 1.30. The minimum absolute atomic E-state index is 0.0868. The fourth-order valence-corrected chi connectivity index (χ4v) is 4.76. The number of hydrogen-bond acceptors (Lipinski definition) is 8. The van der Waals surface area contributed by atoms with Gasteiger partial charge in [-0.05, 0) is 31.0 Å². The van der Waals surface area contributed by atoms with Crippen molar-refractivity contribution in [2.75, 3.05) is 25.0 Å². The van der Waals surface area contributed by atoms with E-state index in [9.17, 15) is 33.3 Å². The molecule has 12 nitrogen and oxygen atoms in total. The van der Waals surface area contributed by atoms with Crippen molar-refractivity contribution in [2.24, 2.45) is 16.1 Å². The van der Waals surface area contributed by atoms with Crippen molar-refractivity contribution in [1.29, 1.82) is 10.5 Å². The maximum atomic E-state index is 12.7. The number of nitrogens with one attached hydrogen (secondary N) is 2. The summed E-state index contributed by atoms with van der Waals surface area (Å²) in [7, 11) is 0. The number of alkyl halides is 3. The number of amides is 3. The molecule has 1 saturated heterocycles. The Hall–Kier alpha value is -5.44. The molecule has 0 spiro atoms. The highest BCUT2D eigenvalue weighted by Crippen LogP contribution is 2.48. The lowest BCUT2D eigenvalue weighted by atomic mass is 9.86. The number of rotatable bonds is 8. The summed E-state index contributed by atoms with van der Waals surface area (Å²) in [5, 5.41) is 27.3. The molecule has 3 heterocycles. The first-order chi connectivity index (χ1) is 20.5. The minimum atomic E-state index is -4.53. The van der Waals surface area contributed by atoms with Crippen molar-refractivity contribution < 1.29 is 22.8 Å². The molecular formula is C28H25F3N10O2. The summed E-state index contributed by atoms with van der Waals surface area (Å²) in [5.41, 5.74) is 7.15. The molecule has 0 radical (unpaired) electrons. The van der Waals surface area contributed by atoms with Gasteiger partial charge in [-0.2, -0.15) is 28.8 Å². The number of carbonyl (C=O) groups excluding carboxylic acids is 2. The molecule has 2 fully saturated rings. The van der Waals surface area contributed by atoms with Crippen molar-refractivity contribution in [2.45, 2.75) is 31.0 Å². The Morgan fingerprint density at radius 1 is 1.19 bits per heavy atom. The van der Waals surface area contributed by atoms with Gasteiger partial charge in [0.1, 0.15) is 17.5 Å². The number of hydrogen-bond donors (Lipinski definition) is 3. The highest BCUT2D eigenvalue weighted by Gasteiger charge is 2.57. The Bertz CT molecular complexity index is 1720. The maximum absolute atomic E-state index is 12.7. The van der Waals surface area contributed by atoms with Crippen LogP contribution in [-0.4, -0.2) is 69.0 Å². The zero-order valence-corrected chi connectivity index (χ0v) is 22.6. The lowest BCUT2D eigenvalue weighted by Crippen LogP contribution is -2.63. The largest absolute Gasteiger partial charge is 0.405 e. The van der Waals surface area contributed by atoms with Gasteiger partial charge >= 0.3 is 12.2 Å². The van der Waals surface area contributed by atoms with E-state index in [-0.39, 0.29) is 31.1 Å². The summed E-state index contributed by atoms with van der Waals surface area (Å²) in [6.45, 7) is -0.992. The molecule has 4 N–H and O–H groups in total. The molecule has 43 heavy (non-hydrogen) atoms. The number of fused-ring (bicyclic) bond motifs is 1. The van der Waals surface area contributed by atoms with Gasteiger partial charge in [-0.15, -0.1) is 0 Å². The predicted molar refractivity (Wildman–Crippen MR) is 149 cm³/mol. The standard InChI is InChI=1S/C28H25F3N10O2/c29-28(30,31)15-36-25(43)39-21-3-1-2-18(8-21)22-13-35-23-9-19(12-38-41(22)23)20(10-33)11-37-27(6-7-32)16-40(17-27)24(42)26(14-34)4-5-26/h1-3,8-13H,4-6,15-17,33H2,(H2,36,39,43)/b20-10+,37-11?. The molecule has 3 aromatic rings. The number of nitrogens with zero attached hydrogens (tertiary/aromatic N) is 7. The third-order valence-corrected chi connectivity index (χ3v) is 7.26. The van der Waals surface area contributed by atoms with E-state index in [1.165, 1.54) is 18.5 Å². The fraction of sp³-hybridized carbons (Fsp3) is 0.321. The summed E-state index contributed by atoms with van der Waals surface area (Å²) in [4.78, 5) is 35.1. The molecule has 3 amide bonds. The van der Waals surface area contributed by atoms with Crippen LogP contribution < -0.4 is 16.4 Å². The summed E-state index contributed by atoms with van der Waals surface area (Å²) >= 11 is 0. The zero-order chi connectivity index (χ0) is 30.8. The number of halogens is 3. The van der Waals surface area contributed by atoms with Gasteiger partial charge in [-0.25, -0.2) is 14.3 Å². The zero-order valence-electron chi connectivity index (χ0n) is 22.6.